The molecule has 0 aliphatic heterocycles. The number of carboxylic acids is 1. The zero-order valence-electron chi connectivity index (χ0n) is 9.93. The Kier molecular flexibility index (Phi) is 6.30. The van der Waals surface area contributed by atoms with Crippen molar-refractivity contribution in [3.05, 3.63) is 0 Å². The minimum absolute atomic E-state index is 0.181. The fourth-order valence-electron chi connectivity index (χ4n) is 0.935. The van der Waals surface area contributed by atoms with Crippen LogP contribution in [0.15, 0.2) is 0 Å². The van der Waals surface area contributed by atoms with Crippen LogP contribution in [-0.2, 0) is 4.79 Å². The van der Waals surface area contributed by atoms with Crippen LogP contribution < -0.4 is 10.6 Å². The molecule has 0 aromatic rings. The van der Waals surface area contributed by atoms with Gasteiger partial charge < -0.3 is 15.7 Å². The Balaban J connectivity index is 4.44. The number of thioether (sulfide) groups is 1. The van der Waals surface area contributed by atoms with Crippen molar-refractivity contribution in [2.24, 2.45) is 0 Å². The molecule has 2 amide bonds. The molecule has 5 nitrogen and oxygen atoms in total. The van der Waals surface area contributed by atoms with Crippen LogP contribution in [0.3, 0.4) is 0 Å². The summed E-state index contributed by atoms with van der Waals surface area (Å²) >= 11 is 1.53. The number of amides is 2. The minimum Gasteiger partial charge on any atom is -0.479 e. The van der Waals surface area contributed by atoms with Gasteiger partial charge in [0.25, 0.3) is 0 Å². The molecule has 18 heavy (non-hydrogen) atoms. The molecule has 0 radical (unpaired) electrons. The Morgan fingerprint density at radius 1 is 1.33 bits per heavy atom. The van der Waals surface area contributed by atoms with Crippen molar-refractivity contribution >= 4 is 23.8 Å². The molecule has 0 aliphatic rings. The van der Waals surface area contributed by atoms with E-state index in [-0.39, 0.29) is 6.54 Å². The lowest BCUT2D eigenvalue weighted by Gasteiger charge is -2.28. The van der Waals surface area contributed by atoms with Gasteiger partial charge in [0.15, 0.2) is 0 Å². The quantitative estimate of drug-likeness (QED) is 0.646. The first-order valence-electron chi connectivity index (χ1n) is 5.00. The number of hydrogen-bond acceptors (Lipinski definition) is 3. The van der Waals surface area contributed by atoms with E-state index in [1.807, 2.05) is 6.26 Å². The molecule has 0 aromatic carbocycles. The summed E-state index contributed by atoms with van der Waals surface area (Å²) in [6.07, 6.45) is -2.63. The van der Waals surface area contributed by atoms with Gasteiger partial charge >= 0.3 is 18.2 Å². The number of hydrogen-bond donors (Lipinski definition) is 3. The third kappa shape index (κ3) is 4.63. The summed E-state index contributed by atoms with van der Waals surface area (Å²) in [5.41, 5.74) is -3.30. The first-order valence-corrected chi connectivity index (χ1v) is 6.39. The largest absolute Gasteiger partial charge is 0.479 e. The van der Waals surface area contributed by atoms with Gasteiger partial charge in [-0.3, -0.25) is 0 Å². The Hall–Kier alpha value is -1.12. The number of rotatable bonds is 6. The van der Waals surface area contributed by atoms with Crippen molar-refractivity contribution in [1.82, 2.24) is 10.6 Å². The van der Waals surface area contributed by atoms with Gasteiger partial charge in [0, 0.05) is 6.54 Å². The molecule has 3 N–H and O–H groups in total. The van der Waals surface area contributed by atoms with E-state index in [1.54, 1.807) is 0 Å². The highest BCUT2D eigenvalue weighted by Gasteiger charge is 2.58. The van der Waals surface area contributed by atoms with Crippen molar-refractivity contribution < 1.29 is 27.9 Å². The van der Waals surface area contributed by atoms with Gasteiger partial charge in [-0.25, -0.2) is 9.59 Å². The van der Waals surface area contributed by atoms with E-state index < -0.39 is 23.7 Å². The summed E-state index contributed by atoms with van der Waals surface area (Å²) in [6, 6.07) is -1.15. The molecule has 0 saturated carbocycles. The topological polar surface area (TPSA) is 78.4 Å². The number of nitrogens with one attached hydrogen (secondary N) is 2. The second kappa shape index (κ2) is 6.72. The highest BCUT2D eigenvalue weighted by Crippen LogP contribution is 2.30. The standard InChI is InChI=1S/C9H15F3N2O3S/c1-8(6(15)16,9(10,11)12)14-7(17)13-4-3-5-18-2/h3-5H2,1-2H3,(H,15,16)(H2,13,14,17). The molecular formula is C9H15F3N2O3S. The van der Waals surface area contributed by atoms with Crippen LogP contribution in [-0.4, -0.2) is 47.4 Å². The van der Waals surface area contributed by atoms with E-state index in [9.17, 15) is 22.8 Å². The van der Waals surface area contributed by atoms with Crippen molar-refractivity contribution in [2.45, 2.75) is 25.1 Å². The summed E-state index contributed by atoms with van der Waals surface area (Å²) < 4.78 is 37.6. The van der Waals surface area contributed by atoms with Gasteiger partial charge in [0.1, 0.15) is 0 Å². The molecule has 0 bridgehead atoms. The molecule has 0 spiro atoms. The predicted octanol–water partition coefficient (Wildman–Crippen LogP) is 1.44. The monoisotopic (exact) mass is 288 g/mol. The molecule has 0 aliphatic carbocycles. The summed E-state index contributed by atoms with van der Waals surface area (Å²) in [4.78, 5) is 21.8. The van der Waals surface area contributed by atoms with Gasteiger partial charge in [-0.1, -0.05) is 0 Å². The lowest BCUT2D eigenvalue weighted by molar-refractivity contribution is -0.203. The highest BCUT2D eigenvalue weighted by molar-refractivity contribution is 7.98. The Morgan fingerprint density at radius 3 is 2.28 bits per heavy atom. The summed E-state index contributed by atoms with van der Waals surface area (Å²) in [5, 5.41) is 12.2. The van der Waals surface area contributed by atoms with Crippen LogP contribution in [0, 0.1) is 0 Å². The number of urea groups is 1. The second-order valence-corrected chi connectivity index (χ2v) is 4.64. The van der Waals surface area contributed by atoms with E-state index in [4.69, 9.17) is 5.11 Å². The maximum atomic E-state index is 12.5. The molecule has 0 rings (SSSR count). The minimum atomic E-state index is -5.07. The Bertz CT molecular complexity index is 312. The zero-order chi connectivity index (χ0) is 14.4. The molecule has 1 atom stereocenters. The molecule has 0 aromatic heterocycles. The van der Waals surface area contributed by atoms with Crippen LogP contribution in [0.5, 0.6) is 0 Å². The van der Waals surface area contributed by atoms with Crippen molar-refractivity contribution in [1.29, 1.82) is 0 Å². The smallest absolute Gasteiger partial charge is 0.422 e. The molecule has 0 fully saturated rings. The average Bonchev–Trinajstić information content (AvgIpc) is 2.22. The maximum Gasteiger partial charge on any atom is 0.422 e. The fourth-order valence-corrected chi connectivity index (χ4v) is 1.37. The van der Waals surface area contributed by atoms with Crippen LogP contribution >= 0.6 is 11.8 Å². The molecule has 0 heterocycles. The average molecular weight is 288 g/mol. The highest BCUT2D eigenvalue weighted by atomic mass is 32.2. The van der Waals surface area contributed by atoms with Gasteiger partial charge in [-0.2, -0.15) is 24.9 Å². The van der Waals surface area contributed by atoms with Gasteiger partial charge in [-0.15, -0.1) is 0 Å². The van der Waals surface area contributed by atoms with E-state index >= 15 is 0 Å². The number of aliphatic carboxylic acids is 1. The van der Waals surface area contributed by atoms with Crippen LogP contribution in [0.2, 0.25) is 0 Å². The normalized spacial score (nSPS) is 14.7. The number of carbonyl (C=O) groups excluding carboxylic acids is 1. The van der Waals surface area contributed by atoms with Crippen LogP contribution in [0.4, 0.5) is 18.0 Å². The Morgan fingerprint density at radius 2 is 1.89 bits per heavy atom. The van der Waals surface area contributed by atoms with Crippen molar-refractivity contribution in [2.75, 3.05) is 18.6 Å². The molecule has 0 saturated heterocycles. The first-order chi connectivity index (χ1) is 8.15. The van der Waals surface area contributed by atoms with Crippen LogP contribution in [0.25, 0.3) is 0 Å². The Labute approximate surface area is 106 Å². The third-order valence-corrected chi connectivity index (χ3v) is 2.87. The fraction of sp³-hybridized carbons (Fsp3) is 0.778. The summed E-state index contributed by atoms with van der Waals surface area (Å²) in [6.45, 7) is 0.580. The number of alkyl halides is 3. The van der Waals surface area contributed by atoms with E-state index in [2.05, 4.69) is 5.32 Å². The summed E-state index contributed by atoms with van der Waals surface area (Å²) in [7, 11) is 0. The van der Waals surface area contributed by atoms with Crippen LogP contribution in [0.1, 0.15) is 13.3 Å². The lowest BCUT2D eigenvalue weighted by Crippen LogP contribution is -2.63. The second-order valence-electron chi connectivity index (χ2n) is 3.66. The van der Waals surface area contributed by atoms with E-state index in [0.29, 0.717) is 13.3 Å². The maximum absolute atomic E-state index is 12.5. The zero-order valence-corrected chi connectivity index (χ0v) is 10.7. The summed E-state index contributed by atoms with van der Waals surface area (Å²) in [5.74, 6) is -1.41. The number of carboxylic acid groups (broad SMARTS) is 1. The number of carbonyl (C=O) groups is 2. The van der Waals surface area contributed by atoms with Gasteiger partial charge in [0.05, 0.1) is 0 Å². The number of halogens is 3. The first kappa shape index (κ1) is 16.9. The van der Waals surface area contributed by atoms with Gasteiger partial charge in [-0.05, 0) is 25.4 Å². The molecule has 9 heteroatoms. The van der Waals surface area contributed by atoms with E-state index in [1.165, 1.54) is 17.1 Å². The van der Waals surface area contributed by atoms with Crippen molar-refractivity contribution in [3.8, 4) is 0 Å². The van der Waals surface area contributed by atoms with Gasteiger partial charge in [0.2, 0.25) is 5.54 Å². The van der Waals surface area contributed by atoms with E-state index in [0.717, 1.165) is 5.75 Å². The molecule has 106 valence electrons. The molecule has 1 unspecified atom stereocenters. The van der Waals surface area contributed by atoms with Crippen molar-refractivity contribution in [3.63, 3.8) is 0 Å². The molecular weight excluding hydrogens is 273 g/mol. The predicted molar refractivity (Wildman–Crippen MR) is 61.6 cm³/mol. The SMILES string of the molecule is CSCCCNC(=O)NC(C)(C(=O)O)C(F)(F)F. The third-order valence-electron chi connectivity index (χ3n) is 2.17. The lowest BCUT2D eigenvalue weighted by atomic mass is 10.0.